The molecule has 4 heteroatoms. The highest BCUT2D eigenvalue weighted by Crippen LogP contribution is 2.28. The number of benzene rings is 1. The maximum absolute atomic E-state index is 5.31. The molecule has 0 unspecified atom stereocenters. The number of nitrogens with one attached hydrogen (secondary N) is 1. The van der Waals surface area contributed by atoms with Crippen LogP contribution in [0.1, 0.15) is 17.1 Å². The molecule has 0 aliphatic carbocycles. The SMILES string of the molecule is CNCc1nc(C)c(-c2ccc(OC)c(C)c2)n1C. The third-order valence-corrected chi connectivity index (χ3v) is 3.37. The van der Waals surface area contributed by atoms with Crippen molar-refractivity contribution in [1.29, 1.82) is 0 Å². The van der Waals surface area contributed by atoms with Crippen LogP contribution in [0.15, 0.2) is 18.2 Å². The van der Waals surface area contributed by atoms with Gasteiger partial charge in [0.1, 0.15) is 11.6 Å². The lowest BCUT2D eigenvalue weighted by atomic mass is 10.1. The summed E-state index contributed by atoms with van der Waals surface area (Å²) in [6.07, 6.45) is 0. The number of hydrogen-bond acceptors (Lipinski definition) is 3. The van der Waals surface area contributed by atoms with E-state index in [9.17, 15) is 0 Å². The molecule has 0 saturated heterocycles. The monoisotopic (exact) mass is 259 g/mol. The fourth-order valence-electron chi connectivity index (χ4n) is 2.44. The molecule has 1 aromatic heterocycles. The summed E-state index contributed by atoms with van der Waals surface area (Å²) < 4.78 is 7.45. The van der Waals surface area contributed by atoms with E-state index in [1.807, 2.05) is 20.0 Å². The molecule has 0 aliphatic rings. The summed E-state index contributed by atoms with van der Waals surface area (Å²) in [6.45, 7) is 4.88. The molecule has 102 valence electrons. The third-order valence-electron chi connectivity index (χ3n) is 3.37. The Balaban J connectivity index is 2.49. The van der Waals surface area contributed by atoms with Gasteiger partial charge < -0.3 is 14.6 Å². The van der Waals surface area contributed by atoms with Crippen molar-refractivity contribution in [3.8, 4) is 17.0 Å². The second-order valence-corrected chi connectivity index (χ2v) is 4.74. The van der Waals surface area contributed by atoms with E-state index in [0.29, 0.717) is 0 Å². The summed E-state index contributed by atoms with van der Waals surface area (Å²) in [5, 5.41) is 3.14. The van der Waals surface area contributed by atoms with Crippen LogP contribution >= 0.6 is 0 Å². The molecular weight excluding hydrogens is 238 g/mol. The van der Waals surface area contributed by atoms with Gasteiger partial charge in [0.2, 0.25) is 0 Å². The van der Waals surface area contributed by atoms with Gasteiger partial charge in [-0.15, -0.1) is 0 Å². The summed E-state index contributed by atoms with van der Waals surface area (Å²) in [6, 6.07) is 6.24. The summed E-state index contributed by atoms with van der Waals surface area (Å²) in [4.78, 5) is 4.62. The van der Waals surface area contributed by atoms with Crippen molar-refractivity contribution in [1.82, 2.24) is 14.9 Å². The predicted octanol–water partition coefficient (Wildman–Crippen LogP) is 2.43. The maximum Gasteiger partial charge on any atom is 0.123 e. The summed E-state index contributed by atoms with van der Waals surface area (Å²) in [5.41, 5.74) is 4.53. The van der Waals surface area contributed by atoms with Crippen LogP contribution in [0.3, 0.4) is 0 Å². The van der Waals surface area contributed by atoms with E-state index in [2.05, 4.69) is 41.0 Å². The number of nitrogens with zero attached hydrogens (tertiary/aromatic N) is 2. The van der Waals surface area contributed by atoms with Gasteiger partial charge in [-0.3, -0.25) is 0 Å². The van der Waals surface area contributed by atoms with Crippen molar-refractivity contribution in [3.05, 3.63) is 35.3 Å². The van der Waals surface area contributed by atoms with Crippen molar-refractivity contribution >= 4 is 0 Å². The molecule has 1 aromatic carbocycles. The van der Waals surface area contributed by atoms with Gasteiger partial charge in [-0.1, -0.05) is 0 Å². The molecule has 0 radical (unpaired) electrons. The minimum Gasteiger partial charge on any atom is -0.496 e. The largest absolute Gasteiger partial charge is 0.496 e. The second-order valence-electron chi connectivity index (χ2n) is 4.74. The zero-order chi connectivity index (χ0) is 14.0. The lowest BCUT2D eigenvalue weighted by Gasteiger charge is -2.10. The van der Waals surface area contributed by atoms with Crippen molar-refractivity contribution in [2.45, 2.75) is 20.4 Å². The van der Waals surface area contributed by atoms with Gasteiger partial charge >= 0.3 is 0 Å². The van der Waals surface area contributed by atoms with Crippen molar-refractivity contribution in [3.63, 3.8) is 0 Å². The van der Waals surface area contributed by atoms with Gasteiger partial charge in [0, 0.05) is 12.6 Å². The van der Waals surface area contributed by atoms with Crippen molar-refractivity contribution in [2.24, 2.45) is 7.05 Å². The van der Waals surface area contributed by atoms with Crippen LogP contribution in [-0.2, 0) is 13.6 Å². The molecule has 1 heterocycles. The van der Waals surface area contributed by atoms with Crippen LogP contribution in [0, 0.1) is 13.8 Å². The molecule has 1 N–H and O–H groups in total. The Morgan fingerprint density at radius 1 is 1.32 bits per heavy atom. The second kappa shape index (κ2) is 5.45. The van der Waals surface area contributed by atoms with Crippen LogP contribution in [0.25, 0.3) is 11.3 Å². The Kier molecular flexibility index (Phi) is 3.90. The third kappa shape index (κ3) is 2.49. The lowest BCUT2D eigenvalue weighted by molar-refractivity contribution is 0.412. The fraction of sp³-hybridized carbons (Fsp3) is 0.400. The molecule has 0 saturated carbocycles. The molecule has 0 fully saturated rings. The van der Waals surface area contributed by atoms with Gasteiger partial charge in [0.25, 0.3) is 0 Å². The van der Waals surface area contributed by atoms with E-state index >= 15 is 0 Å². The Labute approximate surface area is 114 Å². The zero-order valence-corrected chi connectivity index (χ0v) is 12.2. The van der Waals surface area contributed by atoms with E-state index in [4.69, 9.17) is 4.74 Å². The van der Waals surface area contributed by atoms with Crippen LogP contribution in [0.5, 0.6) is 5.75 Å². The quantitative estimate of drug-likeness (QED) is 0.916. The predicted molar refractivity (Wildman–Crippen MR) is 77.4 cm³/mol. The first kappa shape index (κ1) is 13.6. The number of hydrogen-bond donors (Lipinski definition) is 1. The minimum absolute atomic E-state index is 0.770. The smallest absolute Gasteiger partial charge is 0.123 e. The molecule has 0 bridgehead atoms. The van der Waals surface area contributed by atoms with Crippen LogP contribution in [-0.4, -0.2) is 23.7 Å². The Morgan fingerprint density at radius 2 is 2.05 bits per heavy atom. The molecular formula is C15H21N3O. The molecule has 0 amide bonds. The average Bonchev–Trinajstić information content (AvgIpc) is 2.65. The topological polar surface area (TPSA) is 39.1 Å². The molecule has 0 atom stereocenters. The zero-order valence-electron chi connectivity index (χ0n) is 12.2. The highest BCUT2D eigenvalue weighted by atomic mass is 16.5. The Bertz CT molecular complexity index is 587. The lowest BCUT2D eigenvalue weighted by Crippen LogP contribution is -2.10. The summed E-state index contributed by atoms with van der Waals surface area (Å²) >= 11 is 0. The van der Waals surface area contributed by atoms with E-state index in [0.717, 1.165) is 35.1 Å². The van der Waals surface area contributed by atoms with E-state index in [1.54, 1.807) is 7.11 Å². The Hall–Kier alpha value is -1.81. The van der Waals surface area contributed by atoms with Gasteiger partial charge in [-0.2, -0.15) is 0 Å². The van der Waals surface area contributed by atoms with Gasteiger partial charge in [0.05, 0.1) is 25.0 Å². The van der Waals surface area contributed by atoms with E-state index < -0.39 is 0 Å². The molecule has 2 aromatic rings. The number of aromatic nitrogens is 2. The standard InChI is InChI=1S/C15H21N3O/c1-10-8-12(6-7-13(10)19-5)15-11(2)17-14(9-16-3)18(15)4/h6-8,16H,9H2,1-5H3. The first-order valence-electron chi connectivity index (χ1n) is 6.40. The molecule has 2 rings (SSSR count). The van der Waals surface area contributed by atoms with Gasteiger partial charge in [-0.25, -0.2) is 4.98 Å². The highest BCUT2D eigenvalue weighted by Gasteiger charge is 2.13. The summed E-state index contributed by atoms with van der Waals surface area (Å²) in [7, 11) is 5.69. The van der Waals surface area contributed by atoms with E-state index in [-0.39, 0.29) is 0 Å². The molecule has 0 spiro atoms. The fourth-order valence-corrected chi connectivity index (χ4v) is 2.44. The number of imidazole rings is 1. The number of aryl methyl sites for hydroxylation is 2. The van der Waals surface area contributed by atoms with Gasteiger partial charge in [0.15, 0.2) is 0 Å². The Morgan fingerprint density at radius 3 is 2.63 bits per heavy atom. The number of ether oxygens (including phenoxy) is 1. The minimum atomic E-state index is 0.770. The van der Waals surface area contributed by atoms with Gasteiger partial charge in [-0.05, 0) is 44.7 Å². The maximum atomic E-state index is 5.31. The number of rotatable bonds is 4. The number of methoxy groups -OCH3 is 1. The van der Waals surface area contributed by atoms with Crippen molar-refractivity contribution in [2.75, 3.05) is 14.2 Å². The molecule has 4 nitrogen and oxygen atoms in total. The first-order chi connectivity index (χ1) is 9.08. The van der Waals surface area contributed by atoms with Crippen LogP contribution in [0.4, 0.5) is 0 Å². The molecule has 0 aliphatic heterocycles. The highest BCUT2D eigenvalue weighted by molar-refractivity contribution is 5.65. The molecule has 19 heavy (non-hydrogen) atoms. The van der Waals surface area contributed by atoms with Crippen LogP contribution < -0.4 is 10.1 Å². The average molecular weight is 259 g/mol. The van der Waals surface area contributed by atoms with Crippen molar-refractivity contribution < 1.29 is 4.74 Å². The summed E-state index contributed by atoms with van der Waals surface area (Å²) in [5.74, 6) is 1.96. The normalized spacial score (nSPS) is 10.8. The first-order valence-corrected chi connectivity index (χ1v) is 6.40. The van der Waals surface area contributed by atoms with E-state index in [1.165, 1.54) is 5.56 Å². The van der Waals surface area contributed by atoms with Crippen LogP contribution in [0.2, 0.25) is 0 Å².